The Balaban J connectivity index is 3.86. The van der Waals surface area contributed by atoms with E-state index in [9.17, 15) is 9.90 Å². The van der Waals surface area contributed by atoms with E-state index in [1.165, 1.54) is 5.57 Å². The monoisotopic (exact) mass is 270 g/mol. The molecular formula is C16H30O3. The fraction of sp³-hybridized carbons (Fsp3) is 0.812. The van der Waals surface area contributed by atoms with Crippen LogP contribution in [0.1, 0.15) is 72.6 Å². The quantitative estimate of drug-likeness (QED) is 0.586. The lowest BCUT2D eigenvalue weighted by atomic mass is 9.90. The fourth-order valence-corrected chi connectivity index (χ4v) is 2.24. The van der Waals surface area contributed by atoms with Gasteiger partial charge in [-0.3, -0.25) is 4.79 Å². The summed E-state index contributed by atoms with van der Waals surface area (Å²) in [6, 6.07) is 0. The van der Waals surface area contributed by atoms with Crippen molar-refractivity contribution in [1.82, 2.24) is 0 Å². The molecule has 2 unspecified atom stereocenters. The van der Waals surface area contributed by atoms with E-state index in [-0.39, 0.29) is 5.92 Å². The van der Waals surface area contributed by atoms with Crippen molar-refractivity contribution < 1.29 is 15.0 Å². The maximum atomic E-state index is 10.7. The normalized spacial score (nSPS) is 17.0. The van der Waals surface area contributed by atoms with Gasteiger partial charge in [0, 0.05) is 0 Å². The fourth-order valence-electron chi connectivity index (χ4n) is 2.24. The zero-order valence-electron chi connectivity index (χ0n) is 12.9. The molecule has 0 amide bonds. The van der Waals surface area contributed by atoms with Gasteiger partial charge in [0.2, 0.25) is 0 Å². The summed E-state index contributed by atoms with van der Waals surface area (Å²) >= 11 is 0. The van der Waals surface area contributed by atoms with E-state index < -0.39 is 11.6 Å². The lowest BCUT2D eigenvalue weighted by Crippen LogP contribution is -2.24. The van der Waals surface area contributed by atoms with Crippen LogP contribution in [-0.2, 0) is 4.79 Å². The van der Waals surface area contributed by atoms with Crippen molar-refractivity contribution in [2.45, 2.75) is 78.2 Å². The highest BCUT2D eigenvalue weighted by Gasteiger charge is 2.20. The molecule has 0 aliphatic heterocycles. The van der Waals surface area contributed by atoms with Crippen LogP contribution in [0.5, 0.6) is 0 Å². The highest BCUT2D eigenvalue weighted by Crippen LogP contribution is 2.23. The summed E-state index contributed by atoms with van der Waals surface area (Å²) in [5.74, 6) is -1.06. The average Bonchev–Trinajstić information content (AvgIpc) is 2.28. The molecule has 0 aliphatic rings. The Kier molecular flexibility index (Phi) is 8.73. The highest BCUT2D eigenvalue weighted by molar-refractivity contribution is 5.69. The molecule has 0 bridgehead atoms. The lowest BCUT2D eigenvalue weighted by Gasteiger charge is -2.23. The third kappa shape index (κ3) is 9.71. The van der Waals surface area contributed by atoms with Crippen molar-refractivity contribution in [2.75, 3.05) is 0 Å². The van der Waals surface area contributed by atoms with Crippen LogP contribution in [0.25, 0.3) is 0 Å². The summed E-state index contributed by atoms with van der Waals surface area (Å²) in [6.45, 7) is 7.84. The van der Waals surface area contributed by atoms with Crippen molar-refractivity contribution in [3.63, 3.8) is 0 Å². The number of carbonyl (C=O) groups is 1. The van der Waals surface area contributed by atoms with Crippen molar-refractivity contribution in [1.29, 1.82) is 0 Å². The van der Waals surface area contributed by atoms with Gasteiger partial charge in [0.25, 0.3) is 0 Å². The summed E-state index contributed by atoms with van der Waals surface area (Å²) < 4.78 is 0. The zero-order valence-corrected chi connectivity index (χ0v) is 12.9. The van der Waals surface area contributed by atoms with Gasteiger partial charge in [-0.1, -0.05) is 25.5 Å². The summed E-state index contributed by atoms with van der Waals surface area (Å²) in [5.41, 5.74) is 0.725. The molecule has 0 radical (unpaired) electrons. The van der Waals surface area contributed by atoms with Gasteiger partial charge in [-0.2, -0.15) is 0 Å². The van der Waals surface area contributed by atoms with E-state index in [0.29, 0.717) is 12.8 Å². The highest BCUT2D eigenvalue weighted by atomic mass is 16.4. The zero-order chi connectivity index (χ0) is 14.9. The van der Waals surface area contributed by atoms with Gasteiger partial charge >= 0.3 is 5.97 Å². The number of aliphatic carboxylic acids is 1. The van der Waals surface area contributed by atoms with Gasteiger partial charge in [-0.15, -0.1) is 0 Å². The smallest absolute Gasteiger partial charge is 0.306 e. The van der Waals surface area contributed by atoms with Crippen LogP contribution in [0.2, 0.25) is 0 Å². The molecular weight excluding hydrogens is 240 g/mol. The van der Waals surface area contributed by atoms with Crippen LogP contribution >= 0.6 is 0 Å². The molecule has 0 saturated heterocycles. The molecule has 2 atom stereocenters. The largest absolute Gasteiger partial charge is 0.481 e. The number of rotatable bonds is 10. The molecule has 0 spiro atoms. The first-order valence-corrected chi connectivity index (χ1v) is 7.39. The van der Waals surface area contributed by atoms with Gasteiger partial charge in [-0.05, 0) is 58.8 Å². The predicted octanol–water partition coefficient (Wildman–Crippen LogP) is 4.16. The second kappa shape index (κ2) is 9.13. The maximum absolute atomic E-state index is 10.7. The third-order valence-corrected chi connectivity index (χ3v) is 3.61. The van der Waals surface area contributed by atoms with Gasteiger partial charge in [0.05, 0.1) is 11.5 Å². The molecule has 0 aliphatic carbocycles. The molecule has 3 heteroatoms. The topological polar surface area (TPSA) is 57.5 Å². The van der Waals surface area contributed by atoms with Crippen LogP contribution in [-0.4, -0.2) is 21.8 Å². The summed E-state index contributed by atoms with van der Waals surface area (Å²) in [5, 5.41) is 19.0. The van der Waals surface area contributed by atoms with Crippen molar-refractivity contribution in [3.8, 4) is 0 Å². The SMILES string of the molecule is CCC=C(C)CCCC(C)(O)CCCC(C)C(=O)O. The summed E-state index contributed by atoms with van der Waals surface area (Å²) in [6.07, 6.45) is 8.19. The van der Waals surface area contributed by atoms with Crippen LogP contribution < -0.4 is 0 Å². The van der Waals surface area contributed by atoms with E-state index in [1.807, 2.05) is 6.92 Å². The first-order valence-electron chi connectivity index (χ1n) is 7.39. The number of carboxylic acid groups (broad SMARTS) is 1. The Hall–Kier alpha value is -0.830. The van der Waals surface area contributed by atoms with Crippen LogP contribution in [0.3, 0.4) is 0 Å². The van der Waals surface area contributed by atoms with E-state index in [0.717, 1.165) is 32.1 Å². The Labute approximate surface area is 117 Å². The Bertz CT molecular complexity index is 292. The molecule has 0 heterocycles. The number of hydrogen-bond acceptors (Lipinski definition) is 2. The second-order valence-corrected chi connectivity index (χ2v) is 5.94. The molecule has 19 heavy (non-hydrogen) atoms. The summed E-state index contributed by atoms with van der Waals surface area (Å²) in [7, 11) is 0. The van der Waals surface area contributed by atoms with Crippen LogP contribution in [0.4, 0.5) is 0 Å². The Morgan fingerprint density at radius 3 is 2.42 bits per heavy atom. The molecule has 2 N–H and O–H groups in total. The molecule has 0 saturated carbocycles. The first-order chi connectivity index (χ1) is 8.78. The minimum Gasteiger partial charge on any atom is -0.481 e. The van der Waals surface area contributed by atoms with E-state index in [4.69, 9.17) is 5.11 Å². The van der Waals surface area contributed by atoms with Crippen molar-refractivity contribution in [3.05, 3.63) is 11.6 Å². The van der Waals surface area contributed by atoms with E-state index in [1.54, 1.807) is 6.92 Å². The summed E-state index contributed by atoms with van der Waals surface area (Å²) in [4.78, 5) is 10.7. The number of allylic oxidation sites excluding steroid dienone is 2. The maximum Gasteiger partial charge on any atom is 0.306 e. The Morgan fingerprint density at radius 2 is 1.89 bits per heavy atom. The molecule has 0 rings (SSSR count). The lowest BCUT2D eigenvalue weighted by molar-refractivity contribution is -0.141. The molecule has 0 aromatic carbocycles. The molecule has 3 nitrogen and oxygen atoms in total. The number of carboxylic acids is 1. The number of hydrogen-bond donors (Lipinski definition) is 2. The van der Waals surface area contributed by atoms with Gasteiger partial charge in [0.15, 0.2) is 0 Å². The van der Waals surface area contributed by atoms with Crippen LogP contribution in [0, 0.1) is 5.92 Å². The van der Waals surface area contributed by atoms with Gasteiger partial charge < -0.3 is 10.2 Å². The van der Waals surface area contributed by atoms with Crippen molar-refractivity contribution >= 4 is 5.97 Å². The van der Waals surface area contributed by atoms with Crippen molar-refractivity contribution in [2.24, 2.45) is 5.92 Å². The molecule has 0 aromatic rings. The number of aliphatic hydroxyl groups is 1. The second-order valence-electron chi connectivity index (χ2n) is 5.94. The van der Waals surface area contributed by atoms with Gasteiger partial charge in [0.1, 0.15) is 0 Å². The first kappa shape index (κ1) is 18.2. The van der Waals surface area contributed by atoms with E-state index in [2.05, 4.69) is 19.9 Å². The molecule has 0 aromatic heterocycles. The molecule has 0 fully saturated rings. The molecule has 112 valence electrons. The third-order valence-electron chi connectivity index (χ3n) is 3.61. The minimum absolute atomic E-state index is 0.314. The average molecular weight is 270 g/mol. The predicted molar refractivity (Wildman–Crippen MR) is 79.2 cm³/mol. The van der Waals surface area contributed by atoms with E-state index >= 15 is 0 Å². The van der Waals surface area contributed by atoms with Gasteiger partial charge in [-0.25, -0.2) is 0 Å². The minimum atomic E-state index is -0.750. The van der Waals surface area contributed by atoms with Crippen LogP contribution in [0.15, 0.2) is 11.6 Å². The Morgan fingerprint density at radius 1 is 1.32 bits per heavy atom. The standard InChI is InChI=1S/C16H30O3/c1-5-8-13(2)9-6-11-16(4,19)12-7-10-14(3)15(17)18/h8,14,19H,5-7,9-12H2,1-4H3,(H,17,18).